The number of aliphatic hydroxyl groups is 3. The fourth-order valence-electron chi connectivity index (χ4n) is 9.93. The van der Waals surface area contributed by atoms with E-state index in [9.17, 15) is 39.3 Å². The lowest BCUT2D eigenvalue weighted by molar-refractivity contribution is -0.346. The molecule has 0 spiro atoms. The summed E-state index contributed by atoms with van der Waals surface area (Å²) in [5.41, 5.74) is -7.17. The highest BCUT2D eigenvalue weighted by atomic mass is 16.6. The first kappa shape index (κ1) is 46.1. The van der Waals surface area contributed by atoms with Crippen molar-refractivity contribution in [2.24, 2.45) is 16.7 Å². The monoisotopic (exact) mass is 861 g/mol. The molecule has 3 fully saturated rings. The van der Waals surface area contributed by atoms with Gasteiger partial charge in [0, 0.05) is 37.7 Å². The first-order valence-corrected chi connectivity index (χ1v) is 20.5. The van der Waals surface area contributed by atoms with Crippen LogP contribution in [0.4, 0.5) is 0 Å². The zero-order valence-electron chi connectivity index (χ0n) is 36.3. The number of benzene rings is 2. The van der Waals surface area contributed by atoms with Crippen LogP contribution < -0.4 is 10.1 Å². The van der Waals surface area contributed by atoms with Crippen molar-refractivity contribution in [3.05, 3.63) is 88.5 Å². The lowest BCUT2D eigenvalue weighted by Crippen LogP contribution is -2.82. The molecule has 4 aliphatic rings. The van der Waals surface area contributed by atoms with E-state index in [1.54, 1.807) is 76.2 Å². The van der Waals surface area contributed by atoms with Crippen molar-refractivity contribution in [2.75, 3.05) is 13.7 Å². The van der Waals surface area contributed by atoms with Crippen LogP contribution in [-0.2, 0) is 47.7 Å². The minimum Gasteiger partial charge on any atom is -0.497 e. The maximum Gasteiger partial charge on any atom is 0.338 e. The summed E-state index contributed by atoms with van der Waals surface area (Å²) in [5.74, 6) is -6.64. The van der Waals surface area contributed by atoms with Gasteiger partial charge in [0.2, 0.25) is 5.91 Å². The predicted molar refractivity (Wildman–Crippen MR) is 218 cm³/mol. The van der Waals surface area contributed by atoms with Crippen molar-refractivity contribution in [2.45, 2.75) is 122 Å². The zero-order valence-corrected chi connectivity index (χ0v) is 36.3. The molecule has 3 aliphatic carbocycles. The van der Waals surface area contributed by atoms with E-state index >= 15 is 4.79 Å². The Kier molecular flexibility index (Phi) is 12.7. The number of aliphatic hydroxyl groups excluding tert-OH is 2. The molecule has 2 saturated carbocycles. The van der Waals surface area contributed by atoms with Gasteiger partial charge in [0.1, 0.15) is 29.7 Å². The van der Waals surface area contributed by atoms with Crippen molar-refractivity contribution >= 4 is 35.6 Å². The quantitative estimate of drug-likeness (QED) is 0.110. The van der Waals surface area contributed by atoms with Crippen LogP contribution in [-0.4, -0.2) is 112 Å². The minimum absolute atomic E-state index is 0.0156. The van der Waals surface area contributed by atoms with Crippen molar-refractivity contribution in [3.63, 3.8) is 0 Å². The first-order chi connectivity index (χ1) is 29.1. The van der Waals surface area contributed by atoms with Crippen LogP contribution in [0.1, 0.15) is 90.2 Å². The van der Waals surface area contributed by atoms with Gasteiger partial charge >= 0.3 is 23.9 Å². The Hall–Kier alpha value is -5.42. The largest absolute Gasteiger partial charge is 0.497 e. The lowest BCUT2D eigenvalue weighted by Gasteiger charge is -2.67. The molecule has 16 nitrogen and oxygen atoms in total. The molecule has 6 rings (SSSR count). The summed E-state index contributed by atoms with van der Waals surface area (Å²) >= 11 is 0. The molecule has 2 bridgehead atoms. The molecule has 11 atom stereocenters. The average Bonchev–Trinajstić information content (AvgIpc) is 3.23. The lowest BCUT2D eigenvalue weighted by atomic mass is 9.44. The van der Waals surface area contributed by atoms with Crippen LogP contribution in [0.3, 0.4) is 0 Å². The molecule has 4 N–H and O–H groups in total. The van der Waals surface area contributed by atoms with E-state index in [2.05, 4.69) is 5.32 Å². The first-order valence-electron chi connectivity index (χ1n) is 20.5. The standard InChI is InChI=1S/C46H55NO15/c1-10-23(2)40(53)47-34(27-15-12-11-13-16-27)35(51)42(55)60-30-21-46(56)39(61-41(54)28-17-14-18-29(19-28)57-9)37-44(8,31(50)20-32-45(37,22-58-32)62-26(5)49)38(52)36(59-25(4)48)33(24(30)3)43(46,6)7/h10-19,30-32,34-37,39,50-51,56H,20-22H2,1-9H3,(H,47,53)/b23-10+/t30-,31-,32+,34-,35+,36+,37?,39-,44+,45-,46+/m0/s1. The topological polar surface area (TPSA) is 231 Å². The second-order valence-corrected chi connectivity index (χ2v) is 17.3. The molecule has 1 saturated heterocycles. The molecule has 1 unspecified atom stereocenters. The molecule has 1 aliphatic heterocycles. The van der Waals surface area contributed by atoms with Crippen LogP contribution >= 0.6 is 0 Å². The number of methoxy groups -OCH3 is 1. The number of fused-ring (bicyclic) bond motifs is 5. The Bertz CT molecular complexity index is 2200. The minimum atomic E-state index is -2.42. The number of hydrogen-bond donors (Lipinski definition) is 4. The fraction of sp³-hybridized carbons (Fsp3) is 0.522. The molecule has 62 heavy (non-hydrogen) atoms. The normalized spacial score (nSPS) is 32.2. The third-order valence-electron chi connectivity index (χ3n) is 13.5. The van der Waals surface area contributed by atoms with Crippen molar-refractivity contribution in [3.8, 4) is 5.75 Å². The third-order valence-corrected chi connectivity index (χ3v) is 13.5. The van der Waals surface area contributed by atoms with E-state index in [1.807, 2.05) is 0 Å². The SMILES string of the molecule is C/C=C(\C)C(=O)N[C@@H](c1ccccc1)[C@@H](O)C(=O)O[C@H]1C[C@@]2(O)[C@@H](OC(=O)c3cccc(OC)c3)C3[C@](C)(C(=O)[C@H](OC(C)=O)C(=C1C)C2(C)C)[C@@H](O)C[C@H]1OC[C@@]31OC(C)=O. The Labute approximate surface area is 359 Å². The Morgan fingerprint density at radius 2 is 1.63 bits per heavy atom. The maximum atomic E-state index is 15.5. The maximum absolute atomic E-state index is 15.5. The van der Waals surface area contributed by atoms with Crippen LogP contribution in [0, 0.1) is 16.7 Å². The molecule has 2 aromatic rings. The Morgan fingerprint density at radius 3 is 2.21 bits per heavy atom. The number of nitrogens with one attached hydrogen (secondary N) is 1. The van der Waals surface area contributed by atoms with Gasteiger partial charge in [-0.05, 0) is 62.6 Å². The van der Waals surface area contributed by atoms with Crippen molar-refractivity contribution in [1.29, 1.82) is 0 Å². The number of ether oxygens (including phenoxy) is 6. The highest BCUT2D eigenvalue weighted by molar-refractivity contribution is 5.96. The summed E-state index contributed by atoms with van der Waals surface area (Å²) in [5, 5.41) is 40.2. The van der Waals surface area contributed by atoms with Gasteiger partial charge in [0.25, 0.3) is 0 Å². The van der Waals surface area contributed by atoms with Gasteiger partial charge in [-0.15, -0.1) is 0 Å². The predicted octanol–water partition coefficient (Wildman–Crippen LogP) is 3.40. The summed E-state index contributed by atoms with van der Waals surface area (Å²) in [6.07, 6.45) is -9.07. The Balaban J connectivity index is 1.56. The second kappa shape index (κ2) is 17.0. The second-order valence-electron chi connectivity index (χ2n) is 17.3. The van der Waals surface area contributed by atoms with E-state index in [1.165, 1.54) is 33.1 Å². The summed E-state index contributed by atoms with van der Waals surface area (Å²) in [7, 11) is 1.40. The number of amides is 1. The number of hydrogen-bond acceptors (Lipinski definition) is 15. The van der Waals surface area contributed by atoms with Crippen LogP contribution in [0.25, 0.3) is 0 Å². The highest BCUT2D eigenvalue weighted by Gasteiger charge is 2.78. The number of Topliss-reactive ketones (excluding diaryl/α,β-unsaturated/α-hetero) is 1. The van der Waals surface area contributed by atoms with Crippen LogP contribution in [0.2, 0.25) is 0 Å². The van der Waals surface area contributed by atoms with Crippen LogP contribution in [0.15, 0.2) is 77.4 Å². The van der Waals surface area contributed by atoms with Gasteiger partial charge < -0.3 is 49.1 Å². The van der Waals surface area contributed by atoms with E-state index in [0.717, 1.165) is 13.8 Å². The average molecular weight is 862 g/mol. The highest BCUT2D eigenvalue weighted by Crippen LogP contribution is 2.64. The molecule has 0 radical (unpaired) electrons. The van der Waals surface area contributed by atoms with E-state index in [0.29, 0.717) is 16.9 Å². The molecule has 16 heteroatoms. The molecular formula is C46H55NO15. The number of allylic oxidation sites excluding steroid dienone is 1. The van der Waals surface area contributed by atoms with E-state index in [-0.39, 0.29) is 29.7 Å². The number of carbonyl (C=O) groups is 6. The third kappa shape index (κ3) is 7.60. The number of ketones is 1. The van der Waals surface area contributed by atoms with E-state index < -0.39 is 113 Å². The molecule has 0 aromatic heterocycles. The number of rotatable bonds is 11. The van der Waals surface area contributed by atoms with Gasteiger partial charge in [0.15, 0.2) is 23.6 Å². The van der Waals surface area contributed by atoms with Gasteiger partial charge in [-0.25, -0.2) is 9.59 Å². The Morgan fingerprint density at radius 1 is 0.952 bits per heavy atom. The number of carbonyl (C=O) groups excluding carboxylic acids is 6. The fourth-order valence-corrected chi connectivity index (χ4v) is 9.93. The molecule has 2 aromatic carbocycles. The van der Waals surface area contributed by atoms with Gasteiger partial charge in [-0.3, -0.25) is 19.2 Å². The summed E-state index contributed by atoms with van der Waals surface area (Å²) in [4.78, 5) is 83.3. The molecular weight excluding hydrogens is 806 g/mol. The smallest absolute Gasteiger partial charge is 0.338 e. The van der Waals surface area contributed by atoms with Gasteiger partial charge in [0.05, 0.1) is 42.8 Å². The summed E-state index contributed by atoms with van der Waals surface area (Å²) < 4.78 is 35.6. The summed E-state index contributed by atoms with van der Waals surface area (Å²) in [6.45, 7) is 11.1. The number of esters is 4. The van der Waals surface area contributed by atoms with Crippen LogP contribution in [0.5, 0.6) is 5.75 Å². The molecule has 1 heterocycles. The van der Waals surface area contributed by atoms with Crippen molar-refractivity contribution < 1.29 is 72.5 Å². The van der Waals surface area contributed by atoms with Gasteiger partial charge in [-0.2, -0.15) is 0 Å². The van der Waals surface area contributed by atoms with Crippen molar-refractivity contribution in [1.82, 2.24) is 5.32 Å². The molecule has 1 amide bonds. The zero-order chi connectivity index (χ0) is 45.7. The van der Waals surface area contributed by atoms with E-state index in [4.69, 9.17) is 28.4 Å². The summed E-state index contributed by atoms with van der Waals surface area (Å²) in [6, 6.07) is 12.9. The van der Waals surface area contributed by atoms with Gasteiger partial charge in [-0.1, -0.05) is 56.3 Å². The molecule has 334 valence electrons.